The number of amidine groups is 1. The zero-order valence-electron chi connectivity index (χ0n) is 17.8. The second-order valence-corrected chi connectivity index (χ2v) is 8.46. The van der Waals surface area contributed by atoms with Gasteiger partial charge < -0.3 is 4.74 Å². The summed E-state index contributed by atoms with van der Waals surface area (Å²) >= 11 is 1.40. The van der Waals surface area contributed by atoms with Gasteiger partial charge in [0.1, 0.15) is 5.75 Å². The number of carbonyl (C=O) groups excluding carboxylic acids is 1. The molecule has 1 aliphatic rings. The lowest BCUT2D eigenvalue weighted by Crippen LogP contribution is -2.28. The second kappa shape index (κ2) is 9.23. The van der Waals surface area contributed by atoms with Crippen LogP contribution in [0.25, 0.3) is 6.08 Å². The molecule has 0 atom stereocenters. The molecule has 0 aliphatic carbocycles. The van der Waals surface area contributed by atoms with Crippen LogP contribution in [0.3, 0.4) is 0 Å². The summed E-state index contributed by atoms with van der Waals surface area (Å²) in [6.07, 6.45) is 1.91. The van der Waals surface area contributed by atoms with E-state index in [0.717, 1.165) is 28.1 Å². The van der Waals surface area contributed by atoms with Crippen molar-refractivity contribution >= 4 is 34.6 Å². The molecule has 1 heterocycles. The third-order valence-corrected chi connectivity index (χ3v) is 6.07. The average molecular weight is 429 g/mol. The van der Waals surface area contributed by atoms with Gasteiger partial charge in [-0.2, -0.15) is 0 Å². The highest BCUT2D eigenvalue weighted by molar-refractivity contribution is 8.18. The van der Waals surface area contributed by atoms with Crippen LogP contribution < -0.4 is 4.74 Å². The molecule has 3 aromatic carbocycles. The fourth-order valence-electron chi connectivity index (χ4n) is 3.30. The quantitative estimate of drug-likeness (QED) is 0.460. The van der Waals surface area contributed by atoms with Crippen LogP contribution in [0.4, 0.5) is 5.69 Å². The first kappa shape index (κ1) is 20.9. The van der Waals surface area contributed by atoms with Gasteiger partial charge in [-0.05, 0) is 66.6 Å². The molecule has 1 amide bonds. The van der Waals surface area contributed by atoms with Crippen molar-refractivity contribution in [3.05, 3.63) is 100.0 Å². The molecule has 1 fully saturated rings. The van der Waals surface area contributed by atoms with Gasteiger partial charge in [0.2, 0.25) is 0 Å². The lowest BCUT2D eigenvalue weighted by Gasteiger charge is -2.15. The number of hydrogen-bond acceptors (Lipinski definition) is 4. The molecule has 31 heavy (non-hydrogen) atoms. The van der Waals surface area contributed by atoms with Crippen molar-refractivity contribution in [3.8, 4) is 5.75 Å². The van der Waals surface area contributed by atoms with Crippen LogP contribution in [0.1, 0.15) is 22.3 Å². The number of rotatable bonds is 5. The lowest BCUT2D eigenvalue weighted by molar-refractivity contribution is -0.122. The van der Waals surface area contributed by atoms with E-state index in [2.05, 4.69) is 0 Å². The minimum absolute atomic E-state index is 0.0424. The molecule has 1 saturated heterocycles. The Hall–Kier alpha value is -3.31. The molecule has 3 aromatic rings. The van der Waals surface area contributed by atoms with Gasteiger partial charge >= 0.3 is 0 Å². The van der Waals surface area contributed by atoms with E-state index in [1.807, 2.05) is 92.7 Å². The number of aliphatic imine (C=N–C) groups is 1. The molecular formula is C26H24N2O2S. The largest absolute Gasteiger partial charge is 0.496 e. The van der Waals surface area contributed by atoms with Crippen molar-refractivity contribution < 1.29 is 9.53 Å². The number of methoxy groups -OCH3 is 1. The summed E-state index contributed by atoms with van der Waals surface area (Å²) in [6.45, 7) is 4.52. The molecule has 156 valence electrons. The number of amides is 1. The summed E-state index contributed by atoms with van der Waals surface area (Å²) in [4.78, 5) is 20.5. The summed E-state index contributed by atoms with van der Waals surface area (Å²) < 4.78 is 5.43. The van der Waals surface area contributed by atoms with E-state index in [4.69, 9.17) is 9.73 Å². The molecule has 0 bridgehead atoms. The molecule has 4 nitrogen and oxygen atoms in total. The highest BCUT2D eigenvalue weighted by Crippen LogP contribution is 2.35. The van der Waals surface area contributed by atoms with Crippen LogP contribution in [0.15, 0.2) is 82.7 Å². The summed E-state index contributed by atoms with van der Waals surface area (Å²) in [7, 11) is 1.66. The molecule has 0 N–H and O–H groups in total. The topological polar surface area (TPSA) is 41.9 Å². The van der Waals surface area contributed by atoms with Crippen molar-refractivity contribution in [3.63, 3.8) is 0 Å². The fraction of sp³-hybridized carbons (Fsp3) is 0.154. The normalized spacial score (nSPS) is 16.4. The molecule has 5 heteroatoms. The van der Waals surface area contributed by atoms with Crippen LogP contribution in [-0.2, 0) is 11.3 Å². The summed E-state index contributed by atoms with van der Waals surface area (Å²) in [5.41, 5.74) is 5.05. The number of ether oxygens (including phenoxy) is 1. The van der Waals surface area contributed by atoms with Crippen LogP contribution in [0.2, 0.25) is 0 Å². The third kappa shape index (κ3) is 4.89. The SMILES string of the molecule is COc1cc(/C=C2/SC(=Nc3ccc(C)cc3)N(Cc3ccccc3)C2=O)ccc1C. The number of aryl methyl sites for hydroxylation is 2. The third-order valence-electron chi connectivity index (χ3n) is 5.06. The minimum Gasteiger partial charge on any atom is -0.496 e. The van der Waals surface area contributed by atoms with Gasteiger partial charge in [0, 0.05) is 0 Å². The van der Waals surface area contributed by atoms with Crippen molar-refractivity contribution in [2.24, 2.45) is 4.99 Å². The van der Waals surface area contributed by atoms with E-state index in [0.29, 0.717) is 16.6 Å². The Bertz CT molecular complexity index is 1150. The molecular weight excluding hydrogens is 404 g/mol. The van der Waals surface area contributed by atoms with E-state index in [1.165, 1.54) is 17.3 Å². The first-order valence-electron chi connectivity index (χ1n) is 10.1. The molecule has 4 rings (SSSR count). The van der Waals surface area contributed by atoms with Gasteiger partial charge in [-0.25, -0.2) is 4.99 Å². The average Bonchev–Trinajstić information content (AvgIpc) is 3.06. The number of nitrogens with zero attached hydrogens (tertiary/aromatic N) is 2. The molecule has 0 spiro atoms. The molecule has 0 unspecified atom stereocenters. The van der Waals surface area contributed by atoms with Crippen molar-refractivity contribution in [2.75, 3.05) is 7.11 Å². The highest BCUT2D eigenvalue weighted by Gasteiger charge is 2.33. The predicted molar refractivity (Wildman–Crippen MR) is 129 cm³/mol. The first-order valence-corrected chi connectivity index (χ1v) is 10.9. The van der Waals surface area contributed by atoms with Gasteiger partial charge in [-0.15, -0.1) is 0 Å². The van der Waals surface area contributed by atoms with Crippen LogP contribution in [0.5, 0.6) is 5.75 Å². The van der Waals surface area contributed by atoms with Crippen LogP contribution in [-0.4, -0.2) is 23.1 Å². The predicted octanol–water partition coefficient (Wildman–Crippen LogP) is 6.12. The smallest absolute Gasteiger partial charge is 0.267 e. The van der Waals surface area contributed by atoms with Gasteiger partial charge in [0.15, 0.2) is 5.17 Å². The van der Waals surface area contributed by atoms with Gasteiger partial charge in [-0.1, -0.05) is 60.2 Å². The number of benzene rings is 3. The van der Waals surface area contributed by atoms with E-state index >= 15 is 0 Å². The molecule has 0 aromatic heterocycles. The van der Waals surface area contributed by atoms with E-state index in [1.54, 1.807) is 12.0 Å². The summed E-state index contributed by atoms with van der Waals surface area (Å²) in [5, 5.41) is 0.683. The first-order chi connectivity index (χ1) is 15.0. The van der Waals surface area contributed by atoms with E-state index in [9.17, 15) is 4.79 Å². The fourth-order valence-corrected chi connectivity index (χ4v) is 4.30. The number of thioether (sulfide) groups is 1. The van der Waals surface area contributed by atoms with Crippen molar-refractivity contribution in [1.82, 2.24) is 4.90 Å². The van der Waals surface area contributed by atoms with Gasteiger partial charge in [0.25, 0.3) is 5.91 Å². The van der Waals surface area contributed by atoms with E-state index < -0.39 is 0 Å². The number of hydrogen-bond donors (Lipinski definition) is 0. The maximum atomic E-state index is 13.3. The molecule has 1 aliphatic heterocycles. The van der Waals surface area contributed by atoms with Gasteiger partial charge in [0.05, 0.1) is 24.2 Å². The minimum atomic E-state index is -0.0424. The second-order valence-electron chi connectivity index (χ2n) is 7.45. The monoisotopic (exact) mass is 428 g/mol. The Morgan fingerprint density at radius 3 is 2.45 bits per heavy atom. The Balaban J connectivity index is 1.70. The maximum absolute atomic E-state index is 13.3. The molecule has 0 radical (unpaired) electrons. The zero-order valence-corrected chi connectivity index (χ0v) is 18.6. The lowest BCUT2D eigenvalue weighted by atomic mass is 10.1. The van der Waals surface area contributed by atoms with Crippen molar-refractivity contribution in [2.45, 2.75) is 20.4 Å². The number of carbonyl (C=O) groups is 1. The zero-order chi connectivity index (χ0) is 21.8. The summed E-state index contributed by atoms with van der Waals surface area (Å²) in [6, 6.07) is 23.9. The highest BCUT2D eigenvalue weighted by atomic mass is 32.2. The Kier molecular flexibility index (Phi) is 6.23. The standard InChI is InChI=1S/C26H24N2O2S/c1-18-9-13-22(14-10-18)27-26-28(17-20-7-5-4-6-8-20)25(29)24(31-26)16-21-12-11-19(2)23(15-21)30-3/h4-16H,17H2,1-3H3/b24-16+,27-26?. The maximum Gasteiger partial charge on any atom is 0.267 e. The van der Waals surface area contributed by atoms with Crippen molar-refractivity contribution in [1.29, 1.82) is 0 Å². The Morgan fingerprint density at radius 1 is 1.00 bits per heavy atom. The Labute approximate surface area is 187 Å². The van der Waals surface area contributed by atoms with Gasteiger partial charge in [-0.3, -0.25) is 9.69 Å². The van der Waals surface area contributed by atoms with E-state index in [-0.39, 0.29) is 5.91 Å². The molecule has 0 saturated carbocycles. The summed E-state index contributed by atoms with van der Waals surface area (Å²) in [5.74, 6) is 0.763. The Morgan fingerprint density at radius 2 is 1.74 bits per heavy atom. The van der Waals surface area contributed by atoms with Crippen LogP contribution in [0, 0.1) is 13.8 Å². The van der Waals surface area contributed by atoms with Crippen LogP contribution >= 0.6 is 11.8 Å².